The lowest BCUT2D eigenvalue weighted by Gasteiger charge is -2.37. The highest BCUT2D eigenvalue weighted by atomic mass is 32.2. The summed E-state index contributed by atoms with van der Waals surface area (Å²) in [5.74, 6) is -1.44. The van der Waals surface area contributed by atoms with Crippen LogP contribution in [0.3, 0.4) is 0 Å². The molecular weight excluding hydrogens is 570 g/mol. The molecule has 1 spiro atoms. The molecule has 0 bridgehead atoms. The molecule has 232 valence electrons. The maximum atomic E-state index is 14.8. The molecule has 3 amide bonds. The van der Waals surface area contributed by atoms with Crippen LogP contribution in [0.5, 0.6) is 0 Å². The SMILES string of the molecule is Cc1ccc(C)c(N2CC=C[C@]34S[C@]5(C)C=CCN(Cc6ccccc6)C(=O)[C@@H]5[C@H]3C(=O)N(CCCCCCO)C4C2=O)c1. The molecule has 0 saturated carbocycles. The fraction of sp³-hybridized carbons (Fsp3) is 0.472. The number of aliphatic hydroxyl groups is 1. The van der Waals surface area contributed by atoms with Gasteiger partial charge in [0.25, 0.3) is 5.91 Å². The van der Waals surface area contributed by atoms with Gasteiger partial charge in [-0.05, 0) is 56.4 Å². The van der Waals surface area contributed by atoms with E-state index < -0.39 is 27.4 Å². The number of hydrogen-bond acceptors (Lipinski definition) is 5. The minimum Gasteiger partial charge on any atom is -0.396 e. The van der Waals surface area contributed by atoms with Crippen molar-refractivity contribution < 1.29 is 19.5 Å². The molecule has 5 atom stereocenters. The first-order chi connectivity index (χ1) is 21.2. The molecule has 2 aromatic carbocycles. The van der Waals surface area contributed by atoms with Crippen LogP contribution in [-0.4, -0.2) is 74.4 Å². The number of hydrogen-bond donors (Lipinski definition) is 1. The smallest absolute Gasteiger partial charge is 0.251 e. The Morgan fingerprint density at radius 3 is 2.39 bits per heavy atom. The Balaban J connectivity index is 1.40. The summed E-state index contributed by atoms with van der Waals surface area (Å²) in [4.78, 5) is 49.5. The normalized spacial score (nSPS) is 29.5. The van der Waals surface area contributed by atoms with Crippen LogP contribution in [-0.2, 0) is 20.9 Å². The summed E-state index contributed by atoms with van der Waals surface area (Å²) in [7, 11) is 0. The number of carbonyl (C=O) groups is 3. The lowest BCUT2D eigenvalue weighted by atomic mass is 9.74. The number of aliphatic hydroxyl groups excluding tert-OH is 1. The lowest BCUT2D eigenvalue weighted by Crippen LogP contribution is -2.53. The van der Waals surface area contributed by atoms with Gasteiger partial charge < -0.3 is 19.8 Å². The fourth-order valence-corrected chi connectivity index (χ4v) is 9.89. The quantitative estimate of drug-likeness (QED) is 0.317. The Morgan fingerprint density at radius 2 is 1.61 bits per heavy atom. The summed E-state index contributed by atoms with van der Waals surface area (Å²) < 4.78 is -1.49. The van der Waals surface area contributed by atoms with Crippen molar-refractivity contribution in [3.63, 3.8) is 0 Å². The van der Waals surface area contributed by atoms with Crippen LogP contribution in [0, 0.1) is 25.7 Å². The largest absolute Gasteiger partial charge is 0.396 e. The highest BCUT2D eigenvalue weighted by Crippen LogP contribution is 2.65. The molecule has 0 aromatic heterocycles. The number of aryl methyl sites for hydroxylation is 2. The second kappa shape index (κ2) is 12.2. The van der Waals surface area contributed by atoms with Gasteiger partial charge in [-0.2, -0.15) is 0 Å². The number of anilines is 1. The van der Waals surface area contributed by atoms with Gasteiger partial charge in [0.05, 0.1) is 16.6 Å². The third kappa shape index (κ3) is 5.20. The Hall–Kier alpha value is -3.36. The molecule has 2 saturated heterocycles. The minimum absolute atomic E-state index is 0.0240. The van der Waals surface area contributed by atoms with Crippen molar-refractivity contribution in [1.82, 2.24) is 9.80 Å². The zero-order valence-electron chi connectivity index (χ0n) is 25.9. The van der Waals surface area contributed by atoms with E-state index in [-0.39, 0.29) is 24.3 Å². The Morgan fingerprint density at radius 1 is 0.864 bits per heavy atom. The number of benzene rings is 2. The standard InChI is InChI=1S/C36H43N3O4S/c1-25-15-16-26(2)28(23-25)38-21-12-18-36-30(33(42)39(31(36)34(38)43)20-9-4-5-10-22-40)29-32(41)37(19-11-17-35(29,3)44-36)24-27-13-7-6-8-14-27/h6-8,11-18,23,29-31,40H,4-5,9-10,19-22,24H2,1-3H3/t29-,30-,31?,35+,36-/m0/s1. The maximum absolute atomic E-state index is 14.8. The van der Waals surface area contributed by atoms with E-state index in [4.69, 9.17) is 0 Å². The van der Waals surface area contributed by atoms with E-state index in [1.165, 1.54) is 0 Å². The minimum atomic E-state index is -0.860. The molecule has 4 heterocycles. The summed E-state index contributed by atoms with van der Waals surface area (Å²) in [5.41, 5.74) is 3.99. The van der Waals surface area contributed by atoms with Gasteiger partial charge in [0, 0.05) is 43.2 Å². The van der Waals surface area contributed by atoms with Crippen molar-refractivity contribution >= 4 is 35.2 Å². The van der Waals surface area contributed by atoms with Gasteiger partial charge in [-0.3, -0.25) is 14.4 Å². The maximum Gasteiger partial charge on any atom is 0.251 e. The first-order valence-electron chi connectivity index (χ1n) is 15.9. The summed E-state index contributed by atoms with van der Waals surface area (Å²) in [6.07, 6.45) is 11.5. The number of carbonyl (C=O) groups excluding carboxylic acids is 3. The van der Waals surface area contributed by atoms with Crippen LogP contribution in [0.1, 0.15) is 49.3 Å². The number of amides is 3. The van der Waals surface area contributed by atoms with E-state index in [9.17, 15) is 19.5 Å². The second-order valence-electron chi connectivity index (χ2n) is 12.9. The van der Waals surface area contributed by atoms with Gasteiger partial charge in [0.2, 0.25) is 11.8 Å². The van der Waals surface area contributed by atoms with Gasteiger partial charge in [0.15, 0.2) is 0 Å². The van der Waals surface area contributed by atoms with Gasteiger partial charge in [-0.1, -0.05) is 79.6 Å². The van der Waals surface area contributed by atoms with Crippen molar-refractivity contribution in [1.29, 1.82) is 0 Å². The fourth-order valence-electron chi connectivity index (χ4n) is 7.73. The third-order valence-electron chi connectivity index (χ3n) is 9.82. The third-order valence-corrected chi connectivity index (χ3v) is 11.6. The summed E-state index contributed by atoms with van der Waals surface area (Å²) in [5, 5.41) is 9.26. The number of nitrogens with zero attached hydrogens (tertiary/aromatic N) is 3. The number of unbranched alkanes of at least 4 members (excludes halogenated alkanes) is 3. The summed E-state index contributed by atoms with van der Waals surface area (Å²) in [6, 6.07) is 15.4. The molecule has 6 rings (SSSR count). The number of rotatable bonds is 9. The number of thioether (sulfide) groups is 1. The first kappa shape index (κ1) is 30.7. The number of likely N-dealkylation sites (tertiary alicyclic amines) is 1. The first-order valence-corrected chi connectivity index (χ1v) is 16.7. The molecule has 2 aromatic rings. The van der Waals surface area contributed by atoms with Crippen molar-refractivity contribution in [3.05, 3.63) is 89.5 Å². The van der Waals surface area contributed by atoms with Crippen molar-refractivity contribution in [2.24, 2.45) is 11.8 Å². The van der Waals surface area contributed by atoms with Crippen LogP contribution in [0.4, 0.5) is 5.69 Å². The average molecular weight is 614 g/mol. The molecule has 8 heteroatoms. The molecule has 0 radical (unpaired) electrons. The predicted molar refractivity (Wildman–Crippen MR) is 175 cm³/mol. The van der Waals surface area contributed by atoms with Crippen LogP contribution in [0.15, 0.2) is 72.8 Å². The zero-order valence-corrected chi connectivity index (χ0v) is 26.8. The van der Waals surface area contributed by atoms with Gasteiger partial charge in [-0.25, -0.2) is 0 Å². The summed E-state index contributed by atoms with van der Waals surface area (Å²) in [6.45, 7) is 8.10. The van der Waals surface area contributed by atoms with E-state index in [0.717, 1.165) is 48.1 Å². The van der Waals surface area contributed by atoms with Crippen molar-refractivity contribution in [2.75, 3.05) is 31.1 Å². The molecule has 1 unspecified atom stereocenters. The topological polar surface area (TPSA) is 81.2 Å². The van der Waals surface area contributed by atoms with E-state index in [2.05, 4.69) is 25.2 Å². The summed E-state index contributed by atoms with van der Waals surface area (Å²) >= 11 is 1.64. The zero-order chi connectivity index (χ0) is 31.1. The highest BCUT2D eigenvalue weighted by molar-refractivity contribution is 8.02. The van der Waals surface area contributed by atoms with Crippen LogP contribution >= 0.6 is 11.8 Å². The molecule has 0 aliphatic carbocycles. The molecule has 7 nitrogen and oxygen atoms in total. The monoisotopic (exact) mass is 613 g/mol. The van der Waals surface area contributed by atoms with Gasteiger partial charge >= 0.3 is 0 Å². The Kier molecular flexibility index (Phi) is 8.50. The van der Waals surface area contributed by atoms with Gasteiger partial charge in [-0.15, -0.1) is 11.8 Å². The van der Waals surface area contributed by atoms with Crippen molar-refractivity contribution in [3.8, 4) is 0 Å². The van der Waals surface area contributed by atoms with Crippen LogP contribution in [0.2, 0.25) is 0 Å². The van der Waals surface area contributed by atoms with E-state index in [1.54, 1.807) is 16.7 Å². The van der Waals surface area contributed by atoms with Crippen molar-refractivity contribution in [2.45, 2.75) is 68.5 Å². The van der Waals surface area contributed by atoms with E-state index in [0.29, 0.717) is 26.2 Å². The molecule has 4 aliphatic rings. The van der Waals surface area contributed by atoms with Gasteiger partial charge in [0.1, 0.15) is 6.04 Å². The molecule has 2 fully saturated rings. The second-order valence-corrected chi connectivity index (χ2v) is 14.7. The Bertz CT molecular complexity index is 1490. The Labute approximate surface area is 265 Å². The molecular formula is C36H43N3O4S. The molecule has 44 heavy (non-hydrogen) atoms. The van der Waals surface area contributed by atoms with E-state index in [1.807, 2.05) is 78.3 Å². The molecule has 4 aliphatic heterocycles. The highest BCUT2D eigenvalue weighted by Gasteiger charge is 2.73. The van der Waals surface area contributed by atoms with Crippen LogP contribution < -0.4 is 4.90 Å². The molecule has 1 N–H and O–H groups in total. The number of fused-ring (bicyclic) bond motifs is 2. The van der Waals surface area contributed by atoms with Crippen LogP contribution in [0.25, 0.3) is 0 Å². The predicted octanol–water partition coefficient (Wildman–Crippen LogP) is 5.05. The lowest BCUT2D eigenvalue weighted by molar-refractivity contribution is -0.144. The average Bonchev–Trinajstić information content (AvgIpc) is 3.27. The van der Waals surface area contributed by atoms with E-state index >= 15 is 0 Å².